The van der Waals surface area contributed by atoms with E-state index in [4.69, 9.17) is 4.74 Å². The first-order chi connectivity index (χ1) is 8.52. The van der Waals surface area contributed by atoms with Gasteiger partial charge in [0.2, 0.25) is 0 Å². The summed E-state index contributed by atoms with van der Waals surface area (Å²) in [4.78, 5) is 2.58. The molecule has 3 nitrogen and oxygen atoms in total. The van der Waals surface area contributed by atoms with Gasteiger partial charge in [0, 0.05) is 24.5 Å². The van der Waals surface area contributed by atoms with Crippen LogP contribution in [0.15, 0.2) is 0 Å². The zero-order valence-corrected chi connectivity index (χ0v) is 12.5. The molecule has 2 unspecified atom stereocenters. The van der Waals surface area contributed by atoms with Crippen molar-refractivity contribution >= 4 is 0 Å². The fraction of sp³-hybridized carbons (Fsp3) is 1.00. The lowest BCUT2D eigenvalue weighted by molar-refractivity contribution is 0.107. The van der Waals surface area contributed by atoms with Gasteiger partial charge in [-0.05, 0) is 45.2 Å². The summed E-state index contributed by atoms with van der Waals surface area (Å²) < 4.78 is 5.59. The van der Waals surface area contributed by atoms with Gasteiger partial charge in [0.05, 0.1) is 13.2 Å². The molecular weight excluding hydrogens is 224 g/mol. The van der Waals surface area contributed by atoms with Crippen LogP contribution in [0.1, 0.15) is 39.5 Å². The molecule has 2 atom stereocenters. The van der Waals surface area contributed by atoms with Crippen molar-refractivity contribution in [2.45, 2.75) is 51.6 Å². The molecule has 1 aliphatic carbocycles. The van der Waals surface area contributed by atoms with Gasteiger partial charge >= 0.3 is 0 Å². The summed E-state index contributed by atoms with van der Waals surface area (Å²) in [5.74, 6) is 0.662. The van der Waals surface area contributed by atoms with Crippen molar-refractivity contribution in [1.29, 1.82) is 0 Å². The smallest absolute Gasteiger partial charge is 0.0623 e. The molecule has 0 aromatic carbocycles. The molecule has 0 radical (unpaired) electrons. The molecule has 18 heavy (non-hydrogen) atoms. The molecule has 1 N–H and O–H groups in total. The summed E-state index contributed by atoms with van der Waals surface area (Å²) in [5.41, 5.74) is 0.571. The fourth-order valence-corrected chi connectivity index (χ4v) is 3.44. The summed E-state index contributed by atoms with van der Waals surface area (Å²) in [7, 11) is 4.35. The molecule has 2 aliphatic rings. The fourth-order valence-electron chi connectivity index (χ4n) is 3.44. The molecule has 1 saturated heterocycles. The molecule has 1 heterocycles. The van der Waals surface area contributed by atoms with Crippen molar-refractivity contribution in [1.82, 2.24) is 10.2 Å². The van der Waals surface area contributed by atoms with E-state index in [2.05, 4.69) is 38.2 Å². The Labute approximate surface area is 112 Å². The third-order valence-electron chi connectivity index (χ3n) is 5.02. The molecule has 2 rings (SSSR count). The quantitative estimate of drug-likeness (QED) is 0.832. The normalized spacial score (nSPS) is 33.2. The van der Waals surface area contributed by atoms with Gasteiger partial charge in [0.1, 0.15) is 0 Å². The highest BCUT2D eigenvalue weighted by Gasteiger charge is 2.32. The topological polar surface area (TPSA) is 24.5 Å². The van der Waals surface area contributed by atoms with Crippen LogP contribution in [0.5, 0.6) is 0 Å². The molecule has 0 amide bonds. The van der Waals surface area contributed by atoms with E-state index in [9.17, 15) is 0 Å². The minimum absolute atomic E-state index is 0.549. The number of hydrogen-bond donors (Lipinski definition) is 1. The molecule has 1 aliphatic heterocycles. The van der Waals surface area contributed by atoms with Crippen LogP contribution in [0.25, 0.3) is 0 Å². The van der Waals surface area contributed by atoms with Crippen molar-refractivity contribution in [2.24, 2.45) is 11.3 Å². The minimum atomic E-state index is 0.549. The average molecular weight is 254 g/mol. The highest BCUT2D eigenvalue weighted by atomic mass is 16.5. The SMILES string of the molecule is CNC1COCC1CN(C)C1CCC(C)(C)CC1. The predicted octanol–water partition coefficient (Wildman–Crippen LogP) is 2.12. The van der Waals surface area contributed by atoms with Crippen LogP contribution < -0.4 is 5.32 Å². The number of likely N-dealkylation sites (N-methyl/N-ethyl adjacent to an activating group) is 1. The lowest BCUT2D eigenvalue weighted by Gasteiger charge is -2.39. The van der Waals surface area contributed by atoms with Crippen LogP contribution in [0, 0.1) is 11.3 Å². The second-order valence-electron chi connectivity index (χ2n) is 7.03. The van der Waals surface area contributed by atoms with E-state index in [0.717, 1.165) is 19.3 Å². The first-order valence-corrected chi connectivity index (χ1v) is 7.47. The Morgan fingerprint density at radius 1 is 1.22 bits per heavy atom. The third-order valence-corrected chi connectivity index (χ3v) is 5.02. The number of ether oxygens (including phenoxy) is 1. The number of nitrogens with zero attached hydrogens (tertiary/aromatic N) is 1. The lowest BCUT2D eigenvalue weighted by Crippen LogP contribution is -2.44. The van der Waals surface area contributed by atoms with Gasteiger partial charge in [-0.1, -0.05) is 13.8 Å². The number of rotatable bonds is 4. The van der Waals surface area contributed by atoms with Gasteiger partial charge in [0.15, 0.2) is 0 Å². The Morgan fingerprint density at radius 2 is 1.89 bits per heavy atom. The maximum atomic E-state index is 5.59. The van der Waals surface area contributed by atoms with Crippen LogP contribution >= 0.6 is 0 Å². The largest absolute Gasteiger partial charge is 0.379 e. The maximum Gasteiger partial charge on any atom is 0.0623 e. The molecular formula is C15H30N2O. The van der Waals surface area contributed by atoms with Gasteiger partial charge in [0.25, 0.3) is 0 Å². The van der Waals surface area contributed by atoms with Gasteiger partial charge < -0.3 is 15.0 Å². The van der Waals surface area contributed by atoms with Gasteiger partial charge in [-0.25, -0.2) is 0 Å². The van der Waals surface area contributed by atoms with Gasteiger partial charge in [-0.2, -0.15) is 0 Å². The molecule has 3 heteroatoms. The molecule has 0 aromatic rings. The predicted molar refractivity (Wildman–Crippen MR) is 75.8 cm³/mol. The summed E-state index contributed by atoms with van der Waals surface area (Å²) >= 11 is 0. The van der Waals surface area contributed by atoms with Crippen molar-refractivity contribution in [3.8, 4) is 0 Å². The Balaban J connectivity index is 1.79. The van der Waals surface area contributed by atoms with E-state index in [1.54, 1.807) is 0 Å². The first kappa shape index (κ1) is 14.3. The molecule has 0 aromatic heterocycles. The maximum absolute atomic E-state index is 5.59. The zero-order chi connectivity index (χ0) is 13.2. The number of hydrogen-bond acceptors (Lipinski definition) is 3. The third kappa shape index (κ3) is 3.46. The highest BCUT2D eigenvalue weighted by Crippen LogP contribution is 2.36. The van der Waals surface area contributed by atoms with Crippen molar-refractivity contribution in [3.05, 3.63) is 0 Å². The molecule has 106 valence electrons. The monoisotopic (exact) mass is 254 g/mol. The highest BCUT2D eigenvalue weighted by molar-refractivity contribution is 4.87. The molecule has 0 bridgehead atoms. The summed E-state index contributed by atoms with van der Waals surface area (Å²) in [6.07, 6.45) is 5.47. The van der Waals surface area contributed by atoms with Crippen LogP contribution in [0.3, 0.4) is 0 Å². The summed E-state index contributed by atoms with van der Waals surface area (Å²) in [5, 5.41) is 3.38. The number of nitrogens with one attached hydrogen (secondary N) is 1. The summed E-state index contributed by atoms with van der Waals surface area (Å²) in [6, 6.07) is 1.34. The van der Waals surface area contributed by atoms with Crippen molar-refractivity contribution in [3.63, 3.8) is 0 Å². The van der Waals surface area contributed by atoms with Crippen molar-refractivity contribution in [2.75, 3.05) is 33.9 Å². The Kier molecular flexibility index (Phi) is 4.68. The molecule has 1 saturated carbocycles. The standard InChI is InChI=1S/C15H30N2O/c1-15(2)7-5-13(6-8-15)17(4)9-12-10-18-11-14(12)16-3/h12-14,16H,5-11H2,1-4H3. The second-order valence-corrected chi connectivity index (χ2v) is 7.03. The summed E-state index contributed by atoms with van der Waals surface area (Å²) in [6.45, 7) is 7.80. The van der Waals surface area contributed by atoms with E-state index in [-0.39, 0.29) is 0 Å². The van der Waals surface area contributed by atoms with Crippen LogP contribution in [-0.2, 0) is 4.74 Å². The first-order valence-electron chi connectivity index (χ1n) is 7.47. The van der Waals surface area contributed by atoms with Crippen LogP contribution in [-0.4, -0.2) is 50.8 Å². The van der Waals surface area contributed by atoms with Gasteiger partial charge in [-0.15, -0.1) is 0 Å². The Bertz CT molecular complexity index is 257. The van der Waals surface area contributed by atoms with Gasteiger partial charge in [-0.3, -0.25) is 0 Å². The Morgan fingerprint density at radius 3 is 2.50 bits per heavy atom. The zero-order valence-electron chi connectivity index (χ0n) is 12.5. The van der Waals surface area contributed by atoms with Crippen LogP contribution in [0.2, 0.25) is 0 Å². The van der Waals surface area contributed by atoms with E-state index in [0.29, 0.717) is 17.4 Å². The minimum Gasteiger partial charge on any atom is -0.379 e. The van der Waals surface area contributed by atoms with E-state index in [1.807, 2.05) is 0 Å². The average Bonchev–Trinajstić information content (AvgIpc) is 2.76. The van der Waals surface area contributed by atoms with Crippen molar-refractivity contribution < 1.29 is 4.74 Å². The molecule has 0 spiro atoms. The van der Waals surface area contributed by atoms with E-state index < -0.39 is 0 Å². The van der Waals surface area contributed by atoms with Crippen LogP contribution in [0.4, 0.5) is 0 Å². The van der Waals surface area contributed by atoms with E-state index >= 15 is 0 Å². The lowest BCUT2D eigenvalue weighted by atomic mass is 9.75. The molecule has 2 fully saturated rings. The Hall–Kier alpha value is -0.120. The second kappa shape index (κ2) is 5.89. The van der Waals surface area contributed by atoms with E-state index in [1.165, 1.54) is 32.2 Å².